The Morgan fingerprint density at radius 2 is 1.83 bits per heavy atom. The Kier molecular flexibility index (Phi) is 3.21. The van der Waals surface area contributed by atoms with E-state index in [4.69, 9.17) is 21.8 Å². The summed E-state index contributed by atoms with van der Waals surface area (Å²) in [6, 6.07) is 8.03. The quantitative estimate of drug-likeness (QED) is 0.874. The van der Waals surface area contributed by atoms with E-state index in [0.717, 1.165) is 6.07 Å². The predicted octanol–water partition coefficient (Wildman–Crippen LogP) is 3.55. The van der Waals surface area contributed by atoms with Crippen molar-refractivity contribution in [1.29, 1.82) is 0 Å². The molecule has 0 radical (unpaired) electrons. The summed E-state index contributed by atoms with van der Waals surface area (Å²) in [6.07, 6.45) is 0. The Bertz CT molecular complexity index is 626. The first-order valence-corrected chi connectivity index (χ1v) is 5.38. The minimum atomic E-state index is -1.11. The molecule has 0 atom stereocenters. The molecule has 0 fully saturated rings. The van der Waals surface area contributed by atoms with E-state index < -0.39 is 17.5 Å². The molecule has 3 nitrogen and oxygen atoms in total. The summed E-state index contributed by atoms with van der Waals surface area (Å²) in [4.78, 5) is 10.9. The molecule has 2 aromatic rings. The summed E-state index contributed by atoms with van der Waals surface area (Å²) in [6.45, 7) is 0. The van der Waals surface area contributed by atoms with Crippen molar-refractivity contribution in [3.8, 4) is 16.9 Å². The fourth-order valence-electron chi connectivity index (χ4n) is 1.57. The van der Waals surface area contributed by atoms with Crippen molar-refractivity contribution in [2.75, 3.05) is 0 Å². The van der Waals surface area contributed by atoms with Crippen molar-refractivity contribution in [1.82, 2.24) is 0 Å². The third-order valence-electron chi connectivity index (χ3n) is 2.43. The molecule has 0 aliphatic carbocycles. The van der Waals surface area contributed by atoms with Gasteiger partial charge in [-0.2, -0.15) is 0 Å². The number of rotatable bonds is 2. The molecule has 92 valence electrons. The van der Waals surface area contributed by atoms with E-state index in [1.54, 1.807) is 0 Å². The van der Waals surface area contributed by atoms with Crippen LogP contribution >= 0.6 is 11.6 Å². The number of carboxylic acid groups (broad SMARTS) is 1. The number of aromatic carboxylic acids is 1. The van der Waals surface area contributed by atoms with Gasteiger partial charge in [-0.1, -0.05) is 17.7 Å². The highest BCUT2D eigenvalue weighted by Gasteiger charge is 2.09. The SMILES string of the molecule is O=C(O)c1cc(Cl)cc(-c2ccc(O)c(F)c2)c1. The van der Waals surface area contributed by atoms with Crippen LogP contribution in [0.2, 0.25) is 5.02 Å². The summed E-state index contributed by atoms with van der Waals surface area (Å²) in [5.74, 6) is -2.35. The minimum absolute atomic E-state index is 0.0194. The third-order valence-corrected chi connectivity index (χ3v) is 2.64. The zero-order valence-corrected chi connectivity index (χ0v) is 9.78. The number of halogens is 2. The van der Waals surface area contributed by atoms with E-state index in [9.17, 15) is 9.18 Å². The van der Waals surface area contributed by atoms with Crippen LogP contribution in [0.4, 0.5) is 4.39 Å². The lowest BCUT2D eigenvalue weighted by Gasteiger charge is -2.05. The fourth-order valence-corrected chi connectivity index (χ4v) is 1.80. The highest BCUT2D eigenvalue weighted by atomic mass is 35.5. The lowest BCUT2D eigenvalue weighted by atomic mass is 10.0. The molecule has 5 heteroatoms. The molecule has 0 spiro atoms. The van der Waals surface area contributed by atoms with Gasteiger partial charge in [0.05, 0.1) is 5.56 Å². The van der Waals surface area contributed by atoms with Crippen molar-refractivity contribution in [2.24, 2.45) is 0 Å². The highest BCUT2D eigenvalue weighted by molar-refractivity contribution is 6.31. The zero-order valence-electron chi connectivity index (χ0n) is 9.02. The normalized spacial score (nSPS) is 10.3. The number of hydrogen-bond donors (Lipinski definition) is 2. The van der Waals surface area contributed by atoms with Gasteiger partial charge in [-0.05, 0) is 41.5 Å². The summed E-state index contributed by atoms with van der Waals surface area (Å²) in [5, 5.41) is 18.2. The van der Waals surface area contributed by atoms with E-state index in [-0.39, 0.29) is 10.6 Å². The van der Waals surface area contributed by atoms with Crippen LogP contribution in [0.25, 0.3) is 11.1 Å². The Morgan fingerprint density at radius 3 is 2.44 bits per heavy atom. The largest absolute Gasteiger partial charge is 0.505 e. The van der Waals surface area contributed by atoms with Gasteiger partial charge in [0.15, 0.2) is 11.6 Å². The van der Waals surface area contributed by atoms with Gasteiger partial charge < -0.3 is 10.2 Å². The average molecular weight is 267 g/mol. The molecular weight excluding hydrogens is 259 g/mol. The second-order valence-electron chi connectivity index (χ2n) is 3.70. The lowest BCUT2D eigenvalue weighted by Crippen LogP contribution is -1.96. The molecule has 2 rings (SSSR count). The molecule has 2 aromatic carbocycles. The second kappa shape index (κ2) is 4.66. The molecular formula is C13H8ClFO3. The maximum atomic E-state index is 13.2. The molecule has 0 amide bonds. The van der Waals surface area contributed by atoms with Crippen LogP contribution in [-0.2, 0) is 0 Å². The highest BCUT2D eigenvalue weighted by Crippen LogP contribution is 2.28. The van der Waals surface area contributed by atoms with Crippen molar-refractivity contribution in [3.63, 3.8) is 0 Å². The van der Waals surface area contributed by atoms with E-state index in [2.05, 4.69) is 0 Å². The smallest absolute Gasteiger partial charge is 0.335 e. The van der Waals surface area contributed by atoms with E-state index in [0.29, 0.717) is 11.1 Å². The average Bonchev–Trinajstić information content (AvgIpc) is 2.31. The summed E-state index contributed by atoms with van der Waals surface area (Å²) in [5.41, 5.74) is 0.931. The van der Waals surface area contributed by atoms with Crippen LogP contribution in [0.1, 0.15) is 10.4 Å². The van der Waals surface area contributed by atoms with Crippen molar-refractivity contribution < 1.29 is 19.4 Å². The number of carbonyl (C=O) groups is 1. The standard InChI is InChI=1S/C13H8ClFO3/c14-10-4-8(3-9(5-10)13(17)18)7-1-2-12(16)11(15)6-7/h1-6,16H,(H,17,18). The van der Waals surface area contributed by atoms with Crippen LogP contribution in [-0.4, -0.2) is 16.2 Å². The van der Waals surface area contributed by atoms with Gasteiger partial charge in [0, 0.05) is 5.02 Å². The topological polar surface area (TPSA) is 57.5 Å². The van der Waals surface area contributed by atoms with Crippen LogP contribution in [0.15, 0.2) is 36.4 Å². The van der Waals surface area contributed by atoms with Gasteiger partial charge >= 0.3 is 5.97 Å². The molecule has 0 aliphatic rings. The molecule has 2 N–H and O–H groups in total. The first-order valence-electron chi connectivity index (χ1n) is 5.00. The van der Waals surface area contributed by atoms with Crippen molar-refractivity contribution in [2.45, 2.75) is 0 Å². The zero-order chi connectivity index (χ0) is 13.3. The number of hydrogen-bond acceptors (Lipinski definition) is 2. The molecule has 0 saturated heterocycles. The van der Waals surface area contributed by atoms with E-state index >= 15 is 0 Å². The molecule has 0 aliphatic heterocycles. The Hall–Kier alpha value is -2.07. The minimum Gasteiger partial charge on any atom is -0.505 e. The first kappa shape index (κ1) is 12.4. The van der Waals surface area contributed by atoms with Crippen LogP contribution in [0, 0.1) is 5.82 Å². The number of carboxylic acids is 1. The Morgan fingerprint density at radius 1 is 1.11 bits per heavy atom. The number of benzene rings is 2. The molecule has 0 saturated carbocycles. The molecule has 0 unspecified atom stereocenters. The summed E-state index contributed by atoms with van der Waals surface area (Å²) in [7, 11) is 0. The van der Waals surface area contributed by atoms with Crippen LogP contribution < -0.4 is 0 Å². The number of phenolic OH excluding ortho intramolecular Hbond substituents is 1. The fraction of sp³-hybridized carbons (Fsp3) is 0. The van der Waals surface area contributed by atoms with Gasteiger partial charge in [-0.3, -0.25) is 0 Å². The molecule has 0 aromatic heterocycles. The molecule has 0 bridgehead atoms. The maximum Gasteiger partial charge on any atom is 0.335 e. The van der Waals surface area contributed by atoms with Crippen molar-refractivity contribution >= 4 is 17.6 Å². The monoisotopic (exact) mass is 266 g/mol. The number of phenols is 1. The van der Waals surface area contributed by atoms with Crippen LogP contribution in [0.3, 0.4) is 0 Å². The van der Waals surface area contributed by atoms with Crippen molar-refractivity contribution in [3.05, 3.63) is 52.8 Å². The van der Waals surface area contributed by atoms with E-state index in [1.807, 2.05) is 0 Å². The third kappa shape index (κ3) is 2.43. The molecule has 0 heterocycles. The Balaban J connectivity index is 2.56. The van der Waals surface area contributed by atoms with Gasteiger partial charge in [-0.15, -0.1) is 0 Å². The van der Waals surface area contributed by atoms with Gasteiger partial charge in [0.25, 0.3) is 0 Å². The summed E-state index contributed by atoms with van der Waals surface area (Å²) >= 11 is 5.81. The van der Waals surface area contributed by atoms with Gasteiger partial charge in [0.1, 0.15) is 0 Å². The maximum absolute atomic E-state index is 13.2. The van der Waals surface area contributed by atoms with E-state index in [1.165, 1.54) is 30.3 Å². The summed E-state index contributed by atoms with van der Waals surface area (Å²) < 4.78 is 13.2. The van der Waals surface area contributed by atoms with Gasteiger partial charge in [-0.25, -0.2) is 9.18 Å². The number of aromatic hydroxyl groups is 1. The van der Waals surface area contributed by atoms with Gasteiger partial charge in [0.2, 0.25) is 0 Å². The Labute approximate surface area is 107 Å². The predicted molar refractivity (Wildman–Crippen MR) is 65.5 cm³/mol. The first-order chi connectivity index (χ1) is 8.47. The lowest BCUT2D eigenvalue weighted by molar-refractivity contribution is 0.0697. The second-order valence-corrected chi connectivity index (χ2v) is 4.14. The van der Waals surface area contributed by atoms with Crippen LogP contribution in [0.5, 0.6) is 5.75 Å². The molecule has 18 heavy (non-hydrogen) atoms.